The molecule has 0 fully saturated rings. The van der Waals surface area contributed by atoms with Gasteiger partial charge in [0, 0.05) is 18.2 Å². The van der Waals surface area contributed by atoms with Gasteiger partial charge in [0.2, 0.25) is 0 Å². The maximum absolute atomic E-state index is 13.6. The van der Waals surface area contributed by atoms with Gasteiger partial charge in [0.15, 0.2) is 0 Å². The summed E-state index contributed by atoms with van der Waals surface area (Å²) in [5, 5.41) is 0. The fraction of sp³-hybridized carbons (Fsp3) is 0.571. The highest BCUT2D eigenvalue weighted by Crippen LogP contribution is 2.26. The Bertz CT molecular complexity index is 365. The first-order chi connectivity index (χ1) is 8.60. The summed E-state index contributed by atoms with van der Waals surface area (Å²) in [6.07, 6.45) is 0. The maximum atomic E-state index is 13.6. The number of rotatable bonds is 7. The average Bonchev–Trinajstić information content (AvgIpc) is 2.34. The number of hydrogen-bond donors (Lipinski definition) is 1. The van der Waals surface area contributed by atoms with Gasteiger partial charge < -0.3 is 15.4 Å². The number of benzene rings is 1. The molecule has 0 heterocycles. The predicted octanol–water partition coefficient (Wildman–Crippen LogP) is 2.57. The summed E-state index contributed by atoms with van der Waals surface area (Å²) in [6.45, 7) is 9.34. The van der Waals surface area contributed by atoms with Crippen molar-refractivity contribution in [3.63, 3.8) is 0 Å². The summed E-state index contributed by atoms with van der Waals surface area (Å²) in [4.78, 5) is 2.25. The van der Waals surface area contributed by atoms with E-state index in [1.165, 1.54) is 6.07 Å². The Morgan fingerprint density at radius 3 is 2.56 bits per heavy atom. The third kappa shape index (κ3) is 3.96. The highest BCUT2D eigenvalue weighted by atomic mass is 19.1. The summed E-state index contributed by atoms with van der Waals surface area (Å²) in [6, 6.07) is 4.46. The van der Waals surface area contributed by atoms with Crippen molar-refractivity contribution in [1.29, 1.82) is 0 Å². The molecule has 0 unspecified atom stereocenters. The first-order valence-electron chi connectivity index (χ1n) is 6.49. The zero-order valence-corrected chi connectivity index (χ0v) is 11.4. The van der Waals surface area contributed by atoms with E-state index in [-0.39, 0.29) is 11.9 Å². The lowest BCUT2D eigenvalue weighted by Gasteiger charge is -2.19. The van der Waals surface area contributed by atoms with E-state index < -0.39 is 0 Å². The van der Waals surface area contributed by atoms with Crippen molar-refractivity contribution in [2.45, 2.75) is 26.8 Å². The minimum atomic E-state index is -0.366. The summed E-state index contributed by atoms with van der Waals surface area (Å²) >= 11 is 0. The molecule has 3 nitrogen and oxygen atoms in total. The standard InChI is InChI=1S/C14H23FN2O/c1-4-17(5-2)9-10-18-13-8-6-7-12(15)14(13)11(3)16/h6-8,11H,4-5,9-10,16H2,1-3H3/t11-/m1/s1. The fourth-order valence-electron chi connectivity index (χ4n) is 1.91. The highest BCUT2D eigenvalue weighted by molar-refractivity contribution is 5.36. The van der Waals surface area contributed by atoms with Crippen LogP contribution in [0.15, 0.2) is 18.2 Å². The van der Waals surface area contributed by atoms with Gasteiger partial charge in [-0.2, -0.15) is 0 Å². The maximum Gasteiger partial charge on any atom is 0.131 e. The van der Waals surface area contributed by atoms with Gasteiger partial charge in [-0.1, -0.05) is 19.9 Å². The molecule has 2 N–H and O–H groups in total. The molecule has 1 aromatic rings. The molecule has 18 heavy (non-hydrogen) atoms. The minimum absolute atomic E-state index is 0.301. The van der Waals surface area contributed by atoms with Crippen molar-refractivity contribution in [3.05, 3.63) is 29.6 Å². The molecule has 4 heteroatoms. The Balaban J connectivity index is 2.64. The highest BCUT2D eigenvalue weighted by Gasteiger charge is 2.13. The van der Waals surface area contributed by atoms with Gasteiger partial charge in [-0.3, -0.25) is 0 Å². The zero-order valence-electron chi connectivity index (χ0n) is 11.4. The first-order valence-corrected chi connectivity index (χ1v) is 6.49. The van der Waals surface area contributed by atoms with E-state index in [1.54, 1.807) is 19.1 Å². The second-order valence-corrected chi connectivity index (χ2v) is 4.32. The van der Waals surface area contributed by atoms with Crippen LogP contribution >= 0.6 is 0 Å². The molecule has 1 atom stereocenters. The first kappa shape index (κ1) is 14.9. The van der Waals surface area contributed by atoms with E-state index in [9.17, 15) is 4.39 Å². The van der Waals surface area contributed by atoms with E-state index in [0.717, 1.165) is 19.6 Å². The van der Waals surface area contributed by atoms with E-state index >= 15 is 0 Å². The smallest absolute Gasteiger partial charge is 0.131 e. The second-order valence-electron chi connectivity index (χ2n) is 4.32. The zero-order chi connectivity index (χ0) is 13.5. The molecule has 102 valence electrons. The third-order valence-electron chi connectivity index (χ3n) is 3.03. The topological polar surface area (TPSA) is 38.5 Å². The quantitative estimate of drug-likeness (QED) is 0.812. The van der Waals surface area contributed by atoms with Crippen molar-refractivity contribution in [3.8, 4) is 5.75 Å². The lowest BCUT2D eigenvalue weighted by Crippen LogP contribution is -2.28. The van der Waals surface area contributed by atoms with Crippen LogP contribution in [0.3, 0.4) is 0 Å². The molecular formula is C14H23FN2O. The lowest BCUT2D eigenvalue weighted by molar-refractivity contribution is 0.220. The van der Waals surface area contributed by atoms with Crippen LogP contribution in [0.5, 0.6) is 5.75 Å². The second kappa shape index (κ2) is 7.34. The van der Waals surface area contributed by atoms with Crippen LogP contribution in [-0.4, -0.2) is 31.1 Å². The van der Waals surface area contributed by atoms with Crippen LogP contribution in [0.4, 0.5) is 4.39 Å². The Labute approximate surface area is 109 Å². The predicted molar refractivity (Wildman–Crippen MR) is 72.3 cm³/mol. The van der Waals surface area contributed by atoms with Crippen molar-refractivity contribution in [2.24, 2.45) is 5.73 Å². The molecule has 0 saturated carbocycles. The normalized spacial score (nSPS) is 12.8. The average molecular weight is 254 g/mol. The number of hydrogen-bond acceptors (Lipinski definition) is 3. The van der Waals surface area contributed by atoms with Gasteiger partial charge >= 0.3 is 0 Å². The fourth-order valence-corrected chi connectivity index (χ4v) is 1.91. The van der Waals surface area contributed by atoms with E-state index in [0.29, 0.717) is 17.9 Å². The van der Waals surface area contributed by atoms with Crippen LogP contribution < -0.4 is 10.5 Å². The number of halogens is 1. The largest absolute Gasteiger partial charge is 0.492 e. The van der Waals surface area contributed by atoms with Gasteiger partial charge in [0.1, 0.15) is 18.2 Å². The molecule has 1 aromatic carbocycles. The van der Waals surface area contributed by atoms with Crippen molar-refractivity contribution in [2.75, 3.05) is 26.2 Å². The molecule has 0 spiro atoms. The van der Waals surface area contributed by atoms with Crippen LogP contribution in [-0.2, 0) is 0 Å². The van der Waals surface area contributed by atoms with E-state index in [2.05, 4.69) is 18.7 Å². The van der Waals surface area contributed by atoms with Crippen LogP contribution in [0.1, 0.15) is 32.4 Å². The Morgan fingerprint density at radius 1 is 1.33 bits per heavy atom. The van der Waals surface area contributed by atoms with Gasteiger partial charge in [0.25, 0.3) is 0 Å². The Morgan fingerprint density at radius 2 is 2.00 bits per heavy atom. The molecule has 1 rings (SSSR count). The summed E-state index contributed by atoms with van der Waals surface area (Å²) in [5.74, 6) is 0.252. The molecule has 0 aliphatic rings. The molecule has 0 aliphatic heterocycles. The van der Waals surface area contributed by atoms with Crippen molar-refractivity contribution >= 4 is 0 Å². The molecule has 0 aliphatic carbocycles. The molecular weight excluding hydrogens is 231 g/mol. The summed E-state index contributed by atoms with van der Waals surface area (Å²) < 4.78 is 19.3. The van der Waals surface area contributed by atoms with Gasteiger partial charge in [-0.05, 0) is 32.1 Å². The van der Waals surface area contributed by atoms with Gasteiger partial charge in [0.05, 0.1) is 0 Å². The number of nitrogens with zero attached hydrogens (tertiary/aromatic N) is 1. The molecule has 0 saturated heterocycles. The lowest BCUT2D eigenvalue weighted by atomic mass is 10.1. The van der Waals surface area contributed by atoms with Crippen LogP contribution in [0.2, 0.25) is 0 Å². The van der Waals surface area contributed by atoms with Gasteiger partial charge in [-0.15, -0.1) is 0 Å². The molecule has 0 radical (unpaired) electrons. The van der Waals surface area contributed by atoms with Crippen molar-refractivity contribution in [1.82, 2.24) is 4.90 Å². The molecule has 0 bridgehead atoms. The van der Waals surface area contributed by atoms with Crippen LogP contribution in [0.25, 0.3) is 0 Å². The number of likely N-dealkylation sites (N-methyl/N-ethyl adjacent to an activating group) is 1. The Hall–Kier alpha value is -1.13. The monoisotopic (exact) mass is 254 g/mol. The van der Waals surface area contributed by atoms with E-state index in [1.807, 2.05) is 0 Å². The van der Waals surface area contributed by atoms with Crippen molar-refractivity contribution < 1.29 is 9.13 Å². The SMILES string of the molecule is CCN(CC)CCOc1cccc(F)c1[C@@H](C)N. The Kier molecular flexibility index (Phi) is 6.09. The number of ether oxygens (including phenoxy) is 1. The van der Waals surface area contributed by atoms with Gasteiger partial charge in [-0.25, -0.2) is 4.39 Å². The summed E-state index contributed by atoms with van der Waals surface area (Å²) in [5.41, 5.74) is 6.22. The third-order valence-corrected chi connectivity index (χ3v) is 3.03. The molecule has 0 amide bonds. The minimum Gasteiger partial charge on any atom is -0.492 e. The number of nitrogens with two attached hydrogens (primary N) is 1. The molecule has 0 aromatic heterocycles. The van der Waals surface area contributed by atoms with E-state index in [4.69, 9.17) is 10.5 Å². The summed E-state index contributed by atoms with van der Waals surface area (Å²) in [7, 11) is 0. The van der Waals surface area contributed by atoms with Crippen LogP contribution in [0, 0.1) is 5.82 Å².